The summed E-state index contributed by atoms with van der Waals surface area (Å²) in [7, 11) is -13.7. The number of amides is 1. The smallest absolute Gasteiger partial charge is 0.421 e. The maximum absolute atomic E-state index is 13.4. The molecule has 1 aliphatic heterocycles. The van der Waals surface area contributed by atoms with Crippen LogP contribution in [0.3, 0.4) is 0 Å². The first kappa shape index (κ1) is 42.6. The van der Waals surface area contributed by atoms with E-state index in [-0.39, 0.29) is 36.2 Å². The van der Waals surface area contributed by atoms with Crippen LogP contribution in [0.4, 0.5) is 26.3 Å². The molecule has 1 heterocycles. The first-order valence-corrected chi connectivity index (χ1v) is 23.6. The Morgan fingerprint density at radius 2 is 1.05 bits per heavy atom. The van der Waals surface area contributed by atoms with Gasteiger partial charge in [-0.2, -0.15) is 26.3 Å². The Kier molecular flexibility index (Phi) is 11.6. The minimum Gasteiger partial charge on any atom is -0.421 e. The van der Waals surface area contributed by atoms with Gasteiger partial charge in [-0.05, 0) is 164 Å². The van der Waals surface area contributed by atoms with Gasteiger partial charge in [0.1, 0.15) is 0 Å². The van der Waals surface area contributed by atoms with Gasteiger partial charge < -0.3 is 9.03 Å². The Hall–Kier alpha value is -1.48. The number of likely N-dealkylation sites (tertiary alicyclic amines) is 1. The number of hydrogen-bond acceptors (Lipinski definition) is 5. The van der Waals surface area contributed by atoms with E-state index in [1.54, 1.807) is 5.30 Å². The molecule has 2 aromatic rings. The van der Waals surface area contributed by atoms with Crippen LogP contribution in [0.2, 0.25) is 0 Å². The molecule has 312 valence electrons. The number of sulfonamides is 2. The van der Waals surface area contributed by atoms with Crippen molar-refractivity contribution in [1.82, 2.24) is 4.90 Å². The van der Waals surface area contributed by atoms with Crippen LogP contribution in [0.25, 0.3) is 15.3 Å². The van der Waals surface area contributed by atoms with Crippen molar-refractivity contribution in [3.63, 3.8) is 0 Å². The molecule has 56 heavy (non-hydrogen) atoms. The zero-order chi connectivity index (χ0) is 39.2. The first-order chi connectivity index (χ1) is 25.8. The van der Waals surface area contributed by atoms with Gasteiger partial charge in [0.2, 0.25) is 0 Å². The fraction of sp³-hybridized carbons (Fsp3) is 0.667. The topological polar surface area (TPSA) is 103 Å². The molecule has 2 aromatic carbocycles. The van der Waals surface area contributed by atoms with E-state index in [1.165, 1.54) is 88.2 Å². The molecule has 9 fully saturated rings. The second-order valence-corrected chi connectivity index (χ2v) is 24.1. The van der Waals surface area contributed by atoms with Crippen LogP contribution in [0, 0.1) is 35.5 Å². The van der Waals surface area contributed by atoms with Crippen molar-refractivity contribution in [3.05, 3.63) is 58.2 Å². The number of alkyl halides is 6. The van der Waals surface area contributed by atoms with Gasteiger partial charge in [0.05, 0.1) is 0 Å². The normalized spacial score (nSPS) is 33.8. The Morgan fingerprint density at radius 3 is 1.46 bits per heavy atom. The summed E-state index contributed by atoms with van der Waals surface area (Å²) in [5, 5.41) is 2.86. The molecule has 0 radical (unpaired) electrons. The van der Waals surface area contributed by atoms with Crippen LogP contribution in [0.5, 0.6) is 0 Å². The fourth-order valence-electron chi connectivity index (χ4n) is 12.7. The second kappa shape index (κ2) is 15.2. The molecule has 0 unspecified atom stereocenters. The Bertz CT molecular complexity index is 1880. The molecule has 0 atom stereocenters. The van der Waals surface area contributed by atoms with Crippen LogP contribution in [0.1, 0.15) is 100 Å². The van der Waals surface area contributed by atoms with E-state index < -0.39 is 31.1 Å². The molecule has 9 aliphatic rings. The Labute approximate surface area is 341 Å². The Balaban J connectivity index is 0.000000259. The standard InChI is InChI=1S/C37H46NOP.C2F6NO4S2.Au/c39-35(38-10-3-4-11-38)32-7-5-6-31(18-32)33-8-1-2-9-34(33)40(36-19-25-12-26(20-36)14-27(13-25)21-36)37-22-28-15-29(23-37)17-30(16-28)24-37;3-1(4,5)14(10,11)9-15(12,13)2(6,7)8;/h1-2,5-9,18,25-30H,3-4,10-17,19-24H2;;/q;-1;+1. The van der Waals surface area contributed by atoms with Crippen LogP contribution in [-0.4, -0.2) is 62.1 Å². The summed E-state index contributed by atoms with van der Waals surface area (Å²) in [5.41, 5.74) is -8.75. The van der Waals surface area contributed by atoms with Crippen molar-refractivity contribution in [3.8, 4) is 11.1 Å². The summed E-state index contributed by atoms with van der Waals surface area (Å²) < 4.78 is 109. The molecule has 0 spiro atoms. The largest absolute Gasteiger partial charge is 1.00 e. The average molecular weight is 1030 g/mol. The van der Waals surface area contributed by atoms with Gasteiger partial charge in [-0.1, -0.05) is 44.3 Å². The summed E-state index contributed by atoms with van der Waals surface area (Å²) in [6.07, 6.45) is 20.6. The van der Waals surface area contributed by atoms with Gasteiger partial charge >= 0.3 is 33.4 Å². The number of hydrogen-bond donors (Lipinski definition) is 0. The molecule has 17 heteroatoms. The first-order valence-electron chi connectivity index (χ1n) is 19.4. The minimum absolute atomic E-state index is 0. The number of carbonyl (C=O) groups is 1. The number of halogens is 6. The third-order valence-corrected chi connectivity index (χ3v) is 20.3. The summed E-state index contributed by atoms with van der Waals surface area (Å²) in [4.78, 5) is 15.5. The summed E-state index contributed by atoms with van der Waals surface area (Å²) in [6, 6.07) is 18.5. The van der Waals surface area contributed by atoms with E-state index >= 15 is 0 Å². The summed E-state index contributed by atoms with van der Waals surface area (Å²) in [5.74, 6) is 6.23. The van der Waals surface area contributed by atoms with Gasteiger partial charge in [0.25, 0.3) is 5.91 Å². The molecule has 8 saturated carbocycles. The van der Waals surface area contributed by atoms with Crippen LogP contribution in [0.15, 0.2) is 48.5 Å². The van der Waals surface area contributed by atoms with Crippen molar-refractivity contribution in [1.29, 1.82) is 0 Å². The monoisotopic (exact) mass is 1030 g/mol. The van der Waals surface area contributed by atoms with E-state index in [2.05, 4.69) is 53.4 Å². The summed E-state index contributed by atoms with van der Waals surface area (Å²) in [6.45, 7) is 1.84. The van der Waals surface area contributed by atoms with Crippen LogP contribution >= 0.6 is 7.92 Å². The van der Waals surface area contributed by atoms with Crippen molar-refractivity contribution < 1.29 is 70.4 Å². The SMILES string of the molecule is O=C(c1cccc(-c2ccccc2P(C23CC4CC(CC(C4)C2)C3)C23CC4CC(CC(C4)C2)C3)c1)N1CCCC1.O=S(=O)([N-]S(=O)(=O)C(F)(F)F)C(F)(F)F.[Au+]. The molecule has 0 N–H and O–H groups in total. The molecule has 1 amide bonds. The van der Waals surface area contributed by atoms with E-state index in [0.717, 1.165) is 71.1 Å². The number of carbonyl (C=O) groups excluding carboxylic acids is 1. The number of nitrogens with zero attached hydrogens (tertiary/aromatic N) is 2. The second-order valence-electron chi connectivity index (χ2n) is 17.6. The molecule has 8 bridgehead atoms. The summed E-state index contributed by atoms with van der Waals surface area (Å²) >= 11 is 0. The molecule has 7 nitrogen and oxygen atoms in total. The zero-order valence-corrected chi connectivity index (χ0v) is 35.4. The maximum atomic E-state index is 13.4. The predicted molar refractivity (Wildman–Crippen MR) is 199 cm³/mol. The van der Waals surface area contributed by atoms with Gasteiger partial charge in [-0.15, -0.1) is 0 Å². The van der Waals surface area contributed by atoms with Crippen molar-refractivity contribution in [2.45, 2.75) is 111 Å². The fourth-order valence-corrected chi connectivity index (χ4v) is 19.8. The van der Waals surface area contributed by atoms with E-state index in [0.29, 0.717) is 10.3 Å². The van der Waals surface area contributed by atoms with Crippen molar-refractivity contribution in [2.75, 3.05) is 13.1 Å². The quantitative estimate of drug-likeness (QED) is 0.156. The molecule has 0 aromatic heterocycles. The molecule has 1 saturated heterocycles. The van der Waals surface area contributed by atoms with E-state index in [9.17, 15) is 48.0 Å². The predicted octanol–water partition coefficient (Wildman–Crippen LogP) is 9.69. The maximum Gasteiger partial charge on any atom is 1.00 e. The van der Waals surface area contributed by atoms with E-state index in [1.807, 2.05) is 0 Å². The van der Waals surface area contributed by atoms with Crippen molar-refractivity contribution in [2.24, 2.45) is 35.5 Å². The average Bonchev–Trinajstić information content (AvgIpc) is 3.61. The van der Waals surface area contributed by atoms with Crippen molar-refractivity contribution >= 4 is 39.2 Å². The molecule has 8 aliphatic carbocycles. The Morgan fingerprint density at radius 1 is 0.643 bits per heavy atom. The van der Waals surface area contributed by atoms with Gasteiger partial charge in [-0.25, -0.2) is 16.8 Å². The van der Waals surface area contributed by atoms with E-state index in [4.69, 9.17) is 0 Å². The van der Waals surface area contributed by atoms with Crippen LogP contribution in [-0.2, 0) is 42.4 Å². The molecular weight excluding hydrogens is 983 g/mol. The van der Waals surface area contributed by atoms with Gasteiger partial charge in [0, 0.05) is 18.7 Å². The van der Waals surface area contributed by atoms with Gasteiger partial charge in [-0.3, -0.25) is 4.79 Å². The minimum atomic E-state index is -6.72. The number of benzene rings is 2. The third-order valence-electron chi connectivity index (χ3n) is 13.7. The molecule has 11 rings (SSSR count). The van der Waals surface area contributed by atoms with Crippen LogP contribution < -0.4 is 5.30 Å². The third kappa shape index (κ3) is 7.94. The zero-order valence-electron chi connectivity index (χ0n) is 30.7. The number of rotatable bonds is 7. The van der Waals surface area contributed by atoms with Gasteiger partial charge in [0.15, 0.2) is 20.0 Å². The molecular formula is C39H46AuF6N2O5PS2.